The average molecular weight is 652 g/mol. The number of methoxy groups -OCH3 is 3. The molecule has 0 bridgehead atoms. The Morgan fingerprint density at radius 2 is 1.89 bits per heavy atom. The molecular formula is C26H24Br2N2O6S. The molecule has 0 radical (unpaired) electrons. The molecule has 0 saturated heterocycles. The van der Waals surface area contributed by atoms with Crippen LogP contribution < -0.4 is 29.1 Å². The van der Waals surface area contributed by atoms with E-state index in [-0.39, 0.29) is 17.7 Å². The van der Waals surface area contributed by atoms with E-state index < -0.39 is 12.0 Å². The van der Waals surface area contributed by atoms with Gasteiger partial charge in [-0.1, -0.05) is 27.3 Å². The minimum Gasteiger partial charge on any atom is -0.497 e. The van der Waals surface area contributed by atoms with Gasteiger partial charge in [0.05, 0.1) is 48.2 Å². The zero-order chi connectivity index (χ0) is 26.9. The predicted molar refractivity (Wildman–Crippen MR) is 148 cm³/mol. The Morgan fingerprint density at radius 1 is 1.14 bits per heavy atom. The van der Waals surface area contributed by atoms with Crippen molar-refractivity contribution in [3.8, 4) is 17.2 Å². The SMILES string of the molecule is CCOC(=O)C1=C(C)N=c2s/c(=C\c3cc(Br)cc(Br)c3OC)c(=O)n2[C@@H]1c1cc(OC)ccc1OC. The third kappa shape index (κ3) is 5.12. The Balaban J connectivity index is 2.04. The molecule has 194 valence electrons. The van der Waals surface area contributed by atoms with Gasteiger partial charge in [0.25, 0.3) is 5.56 Å². The second-order valence-electron chi connectivity index (χ2n) is 7.92. The lowest BCUT2D eigenvalue weighted by Crippen LogP contribution is -2.40. The van der Waals surface area contributed by atoms with Gasteiger partial charge in [-0.05, 0) is 66.2 Å². The van der Waals surface area contributed by atoms with Gasteiger partial charge < -0.3 is 18.9 Å². The number of carbonyl (C=O) groups is 1. The van der Waals surface area contributed by atoms with E-state index in [0.717, 1.165) is 8.95 Å². The molecule has 3 aromatic rings. The van der Waals surface area contributed by atoms with Gasteiger partial charge in [-0.2, -0.15) is 0 Å². The van der Waals surface area contributed by atoms with E-state index >= 15 is 0 Å². The molecule has 1 aliphatic heterocycles. The summed E-state index contributed by atoms with van der Waals surface area (Å²) in [7, 11) is 4.65. The Labute approximate surface area is 234 Å². The van der Waals surface area contributed by atoms with Crippen LogP contribution in [0.15, 0.2) is 60.3 Å². The van der Waals surface area contributed by atoms with Gasteiger partial charge >= 0.3 is 5.97 Å². The average Bonchev–Trinajstić information content (AvgIpc) is 3.16. The van der Waals surface area contributed by atoms with Crippen LogP contribution in [-0.2, 0) is 9.53 Å². The lowest BCUT2D eigenvalue weighted by atomic mass is 9.94. The van der Waals surface area contributed by atoms with E-state index in [4.69, 9.17) is 18.9 Å². The quantitative estimate of drug-likeness (QED) is 0.353. The van der Waals surface area contributed by atoms with Crippen LogP contribution in [0.2, 0.25) is 0 Å². The summed E-state index contributed by atoms with van der Waals surface area (Å²) in [6.45, 7) is 3.64. The minimum absolute atomic E-state index is 0.180. The molecule has 0 fully saturated rings. The summed E-state index contributed by atoms with van der Waals surface area (Å²) in [5, 5.41) is 0. The molecule has 11 heteroatoms. The van der Waals surface area contributed by atoms with Crippen molar-refractivity contribution in [3.63, 3.8) is 0 Å². The first kappa shape index (κ1) is 27.2. The molecule has 37 heavy (non-hydrogen) atoms. The van der Waals surface area contributed by atoms with E-state index in [9.17, 15) is 9.59 Å². The number of fused-ring (bicyclic) bond motifs is 1. The van der Waals surface area contributed by atoms with E-state index in [1.807, 2.05) is 12.1 Å². The molecular weight excluding hydrogens is 628 g/mol. The number of carbonyl (C=O) groups excluding carboxylic acids is 1. The Morgan fingerprint density at radius 3 is 2.54 bits per heavy atom. The highest BCUT2D eigenvalue weighted by atomic mass is 79.9. The first-order chi connectivity index (χ1) is 17.7. The number of halogens is 2. The fourth-order valence-electron chi connectivity index (χ4n) is 4.18. The monoisotopic (exact) mass is 650 g/mol. The van der Waals surface area contributed by atoms with Gasteiger partial charge in [0.2, 0.25) is 0 Å². The molecule has 1 atom stereocenters. The molecule has 0 amide bonds. The highest BCUT2D eigenvalue weighted by Crippen LogP contribution is 2.38. The number of aromatic nitrogens is 1. The summed E-state index contributed by atoms with van der Waals surface area (Å²) in [4.78, 5) is 32.2. The maximum atomic E-state index is 13.9. The van der Waals surface area contributed by atoms with Crippen LogP contribution in [0, 0.1) is 0 Å². The van der Waals surface area contributed by atoms with Gasteiger partial charge in [-0.15, -0.1) is 0 Å². The number of hydrogen-bond acceptors (Lipinski definition) is 8. The lowest BCUT2D eigenvalue weighted by molar-refractivity contribution is -0.139. The lowest BCUT2D eigenvalue weighted by Gasteiger charge is -2.26. The van der Waals surface area contributed by atoms with Gasteiger partial charge in [-0.25, -0.2) is 9.79 Å². The second-order valence-corrected chi connectivity index (χ2v) is 10.7. The van der Waals surface area contributed by atoms with Crippen molar-refractivity contribution in [1.29, 1.82) is 0 Å². The van der Waals surface area contributed by atoms with Crippen molar-refractivity contribution in [1.82, 2.24) is 4.57 Å². The van der Waals surface area contributed by atoms with Crippen molar-refractivity contribution in [2.24, 2.45) is 4.99 Å². The van der Waals surface area contributed by atoms with Crippen LogP contribution in [0.25, 0.3) is 6.08 Å². The normalized spacial score (nSPS) is 15.2. The van der Waals surface area contributed by atoms with Crippen LogP contribution >= 0.6 is 43.2 Å². The van der Waals surface area contributed by atoms with Gasteiger partial charge in [-0.3, -0.25) is 9.36 Å². The third-order valence-corrected chi connectivity index (χ3v) is 7.81. The van der Waals surface area contributed by atoms with Crippen molar-refractivity contribution in [2.45, 2.75) is 19.9 Å². The summed E-state index contributed by atoms with van der Waals surface area (Å²) >= 11 is 8.22. The van der Waals surface area contributed by atoms with Crippen LogP contribution in [0.1, 0.15) is 31.0 Å². The Hall–Kier alpha value is -2.89. The molecule has 0 saturated carbocycles. The Kier molecular flexibility index (Phi) is 8.25. The largest absolute Gasteiger partial charge is 0.497 e. The smallest absolute Gasteiger partial charge is 0.338 e. The zero-order valence-corrected chi connectivity index (χ0v) is 24.7. The first-order valence-electron chi connectivity index (χ1n) is 11.2. The number of esters is 1. The number of benzene rings is 2. The van der Waals surface area contributed by atoms with Crippen LogP contribution in [0.5, 0.6) is 17.2 Å². The molecule has 4 rings (SSSR count). The number of ether oxygens (including phenoxy) is 4. The molecule has 0 aliphatic carbocycles. The van der Waals surface area contributed by atoms with Gasteiger partial charge in [0.15, 0.2) is 4.80 Å². The van der Waals surface area contributed by atoms with Gasteiger partial charge in [0.1, 0.15) is 23.3 Å². The molecule has 0 unspecified atom stereocenters. The summed E-state index contributed by atoms with van der Waals surface area (Å²) in [5.41, 5.74) is 1.69. The highest BCUT2D eigenvalue weighted by Gasteiger charge is 2.35. The number of allylic oxidation sites excluding steroid dienone is 1. The van der Waals surface area contributed by atoms with Crippen molar-refractivity contribution in [3.05, 3.63) is 81.4 Å². The molecule has 1 aliphatic rings. The minimum atomic E-state index is -0.835. The highest BCUT2D eigenvalue weighted by molar-refractivity contribution is 9.11. The third-order valence-electron chi connectivity index (χ3n) is 5.78. The predicted octanol–water partition coefficient (Wildman–Crippen LogP) is 4.35. The second kappa shape index (κ2) is 11.2. The van der Waals surface area contributed by atoms with E-state index in [1.165, 1.54) is 23.0 Å². The molecule has 8 nitrogen and oxygen atoms in total. The van der Waals surface area contributed by atoms with E-state index in [1.54, 1.807) is 52.3 Å². The van der Waals surface area contributed by atoms with Crippen molar-refractivity contribution in [2.75, 3.05) is 27.9 Å². The number of rotatable bonds is 7. The number of thiazole rings is 1. The van der Waals surface area contributed by atoms with E-state index in [0.29, 0.717) is 43.4 Å². The van der Waals surface area contributed by atoms with Crippen molar-refractivity contribution >= 4 is 55.2 Å². The van der Waals surface area contributed by atoms with Crippen molar-refractivity contribution < 1.29 is 23.7 Å². The first-order valence-corrected chi connectivity index (χ1v) is 13.6. The molecule has 0 N–H and O–H groups in total. The number of nitrogens with zero attached hydrogens (tertiary/aromatic N) is 2. The molecule has 2 aromatic carbocycles. The fraction of sp³-hybridized carbons (Fsp3) is 0.269. The standard InChI is InChI=1S/C26H24Br2N2O6S/c1-6-36-25(32)21-13(2)29-26-30(22(21)17-12-16(33-3)7-8-19(17)34-4)24(31)20(37-26)10-14-9-15(27)11-18(28)23(14)35-5/h7-12,22H,6H2,1-5H3/b20-10-/t22-/m1/s1. The summed E-state index contributed by atoms with van der Waals surface area (Å²) in [5.74, 6) is 1.09. The summed E-state index contributed by atoms with van der Waals surface area (Å²) in [6.07, 6.45) is 1.75. The maximum Gasteiger partial charge on any atom is 0.338 e. The molecule has 1 aromatic heterocycles. The van der Waals surface area contributed by atoms with Crippen LogP contribution in [0.3, 0.4) is 0 Å². The number of hydrogen-bond donors (Lipinski definition) is 0. The summed E-state index contributed by atoms with van der Waals surface area (Å²) in [6, 6.07) is 8.14. The topological polar surface area (TPSA) is 88.4 Å². The van der Waals surface area contributed by atoms with E-state index in [2.05, 4.69) is 36.9 Å². The van der Waals surface area contributed by atoms with Crippen LogP contribution in [-0.4, -0.2) is 38.5 Å². The van der Waals surface area contributed by atoms with Crippen LogP contribution in [0.4, 0.5) is 0 Å². The molecule has 2 heterocycles. The van der Waals surface area contributed by atoms with Gasteiger partial charge in [0, 0.05) is 15.6 Å². The Bertz CT molecular complexity index is 1590. The molecule has 0 spiro atoms. The summed E-state index contributed by atoms with van der Waals surface area (Å²) < 4.78 is 25.5. The fourth-order valence-corrected chi connectivity index (χ4v) is 6.64. The zero-order valence-electron chi connectivity index (χ0n) is 20.8. The maximum absolute atomic E-state index is 13.9.